The van der Waals surface area contributed by atoms with Crippen LogP contribution >= 0.6 is 0 Å². The van der Waals surface area contributed by atoms with Gasteiger partial charge in [0.25, 0.3) is 5.91 Å². The lowest BCUT2D eigenvalue weighted by Crippen LogP contribution is -2.56. The van der Waals surface area contributed by atoms with E-state index < -0.39 is 17.7 Å². The number of benzene rings is 3. The van der Waals surface area contributed by atoms with Gasteiger partial charge >= 0.3 is 0 Å². The number of nitrogens with zero attached hydrogens (tertiary/aromatic N) is 1. The molecule has 0 spiro atoms. The first-order valence-electron chi connectivity index (χ1n) is 10.5. The van der Waals surface area contributed by atoms with Gasteiger partial charge in [0, 0.05) is 12.1 Å². The molecule has 0 aliphatic carbocycles. The van der Waals surface area contributed by atoms with E-state index in [2.05, 4.69) is 0 Å². The molecule has 1 atom stereocenters. The van der Waals surface area contributed by atoms with Crippen molar-refractivity contribution in [2.75, 3.05) is 33.3 Å². The van der Waals surface area contributed by atoms with Crippen LogP contribution in [0.25, 0.3) is 0 Å². The average Bonchev–Trinajstić information content (AvgIpc) is 2.89. The fraction of sp³-hybridized carbons (Fsp3) is 0.231. The summed E-state index contributed by atoms with van der Waals surface area (Å²) in [5, 5.41) is 0. The standard InChI is InChI=1S/C26H25NO7/c1-30-19-11-10-17(12-20(19)34-15-16-8-6-5-7-9-16)23-24(28)26(29)27(23)18-13-21(31-2)25(33-4)22(14-18)32-3/h5-14,23H,15H2,1-4H3/t23-/m0/s1. The van der Waals surface area contributed by atoms with Crippen molar-refractivity contribution in [1.82, 2.24) is 0 Å². The lowest BCUT2D eigenvalue weighted by Gasteiger charge is -2.39. The highest BCUT2D eigenvalue weighted by molar-refractivity contribution is 6.51. The summed E-state index contributed by atoms with van der Waals surface area (Å²) in [7, 11) is 6.02. The SMILES string of the molecule is COc1ccc([C@H]2C(=O)C(=O)N2c2cc(OC)c(OC)c(OC)c2)cc1OCc1ccccc1. The Morgan fingerprint density at radius 3 is 1.97 bits per heavy atom. The number of ketones is 1. The molecule has 0 saturated carbocycles. The van der Waals surface area contributed by atoms with E-state index in [-0.39, 0.29) is 0 Å². The maximum Gasteiger partial charge on any atom is 0.297 e. The first-order chi connectivity index (χ1) is 16.5. The number of β-lactam (4-membered cyclic amide) rings is 1. The zero-order valence-electron chi connectivity index (χ0n) is 19.4. The van der Waals surface area contributed by atoms with Gasteiger partial charge < -0.3 is 23.7 Å². The Bertz CT molecular complexity index is 1180. The molecule has 1 fully saturated rings. The Kier molecular flexibility index (Phi) is 6.58. The number of methoxy groups -OCH3 is 4. The molecule has 176 valence electrons. The van der Waals surface area contributed by atoms with Gasteiger partial charge in [-0.15, -0.1) is 0 Å². The number of Topliss-reactive ketones (excluding diaryl/α,β-unsaturated/α-hetero) is 1. The van der Waals surface area contributed by atoms with Gasteiger partial charge in [0.15, 0.2) is 23.0 Å². The van der Waals surface area contributed by atoms with Gasteiger partial charge in [-0.2, -0.15) is 0 Å². The van der Waals surface area contributed by atoms with E-state index in [9.17, 15) is 9.59 Å². The van der Waals surface area contributed by atoms with Gasteiger partial charge in [-0.25, -0.2) is 0 Å². The molecule has 8 heteroatoms. The maximum atomic E-state index is 12.7. The van der Waals surface area contributed by atoms with Crippen LogP contribution in [0.3, 0.4) is 0 Å². The molecule has 1 amide bonds. The second-order valence-electron chi connectivity index (χ2n) is 7.51. The number of rotatable bonds is 9. The summed E-state index contributed by atoms with van der Waals surface area (Å²) in [6, 6.07) is 17.3. The number of carbonyl (C=O) groups excluding carboxylic acids is 2. The van der Waals surface area contributed by atoms with Crippen molar-refractivity contribution < 1.29 is 33.3 Å². The monoisotopic (exact) mass is 463 g/mol. The van der Waals surface area contributed by atoms with E-state index in [1.807, 2.05) is 30.3 Å². The maximum absolute atomic E-state index is 12.7. The van der Waals surface area contributed by atoms with Crippen LogP contribution in [-0.4, -0.2) is 40.1 Å². The molecular weight excluding hydrogens is 438 g/mol. The van der Waals surface area contributed by atoms with Crippen LogP contribution in [-0.2, 0) is 16.2 Å². The second kappa shape index (κ2) is 9.74. The Morgan fingerprint density at radius 2 is 1.38 bits per heavy atom. The van der Waals surface area contributed by atoms with Crippen molar-refractivity contribution in [3.05, 3.63) is 71.8 Å². The Hall–Kier alpha value is -4.20. The highest BCUT2D eigenvalue weighted by atomic mass is 16.5. The number of anilines is 1. The number of hydrogen-bond acceptors (Lipinski definition) is 7. The molecule has 0 bridgehead atoms. The Balaban J connectivity index is 1.68. The molecule has 1 saturated heterocycles. The summed E-state index contributed by atoms with van der Waals surface area (Å²) in [5.41, 5.74) is 2.04. The molecule has 1 heterocycles. The zero-order chi connectivity index (χ0) is 24.2. The van der Waals surface area contributed by atoms with E-state index in [1.54, 1.807) is 37.4 Å². The molecule has 0 aromatic heterocycles. The number of hydrogen-bond donors (Lipinski definition) is 0. The third kappa shape index (κ3) is 4.10. The summed E-state index contributed by atoms with van der Waals surface area (Å²) in [6.45, 7) is 0.328. The van der Waals surface area contributed by atoms with Gasteiger partial charge in [-0.1, -0.05) is 36.4 Å². The predicted octanol–water partition coefficient (Wildman–Crippen LogP) is 3.96. The van der Waals surface area contributed by atoms with Crippen molar-refractivity contribution in [3.8, 4) is 28.7 Å². The lowest BCUT2D eigenvalue weighted by molar-refractivity contribution is -0.143. The normalized spacial score (nSPS) is 14.9. The molecule has 0 N–H and O–H groups in total. The van der Waals surface area contributed by atoms with Crippen LogP contribution in [0.2, 0.25) is 0 Å². The van der Waals surface area contributed by atoms with Crippen molar-refractivity contribution in [2.45, 2.75) is 12.6 Å². The summed E-state index contributed by atoms with van der Waals surface area (Å²) in [5.74, 6) is 1.01. The minimum absolute atomic E-state index is 0.328. The first-order valence-corrected chi connectivity index (χ1v) is 10.5. The van der Waals surface area contributed by atoms with Crippen LogP contribution in [0.5, 0.6) is 28.7 Å². The minimum atomic E-state index is -0.819. The fourth-order valence-electron chi connectivity index (χ4n) is 3.89. The van der Waals surface area contributed by atoms with Crippen LogP contribution in [0.4, 0.5) is 5.69 Å². The van der Waals surface area contributed by atoms with Crippen LogP contribution in [0, 0.1) is 0 Å². The second-order valence-corrected chi connectivity index (χ2v) is 7.51. The van der Waals surface area contributed by atoms with E-state index in [0.29, 0.717) is 46.6 Å². The highest BCUT2D eigenvalue weighted by Gasteiger charge is 2.48. The topological polar surface area (TPSA) is 83.5 Å². The first kappa shape index (κ1) is 23.0. The van der Waals surface area contributed by atoms with E-state index in [0.717, 1.165) is 5.56 Å². The minimum Gasteiger partial charge on any atom is -0.493 e. The fourth-order valence-corrected chi connectivity index (χ4v) is 3.89. The third-order valence-corrected chi connectivity index (χ3v) is 5.60. The molecule has 0 radical (unpaired) electrons. The molecule has 4 rings (SSSR count). The number of ether oxygens (including phenoxy) is 5. The van der Waals surface area contributed by atoms with Crippen molar-refractivity contribution in [2.24, 2.45) is 0 Å². The summed E-state index contributed by atoms with van der Waals surface area (Å²) in [4.78, 5) is 26.7. The summed E-state index contributed by atoms with van der Waals surface area (Å²) < 4.78 is 27.6. The molecule has 1 aliphatic rings. The molecule has 3 aromatic rings. The van der Waals surface area contributed by atoms with Crippen LogP contribution in [0.1, 0.15) is 17.2 Å². The van der Waals surface area contributed by atoms with Gasteiger partial charge in [-0.05, 0) is 23.3 Å². The molecule has 34 heavy (non-hydrogen) atoms. The predicted molar refractivity (Wildman–Crippen MR) is 125 cm³/mol. The molecule has 3 aromatic carbocycles. The van der Waals surface area contributed by atoms with E-state index >= 15 is 0 Å². The van der Waals surface area contributed by atoms with Crippen molar-refractivity contribution in [1.29, 1.82) is 0 Å². The third-order valence-electron chi connectivity index (χ3n) is 5.60. The quantitative estimate of drug-likeness (QED) is 0.351. The highest BCUT2D eigenvalue weighted by Crippen LogP contribution is 2.46. The van der Waals surface area contributed by atoms with Crippen molar-refractivity contribution >= 4 is 17.4 Å². The van der Waals surface area contributed by atoms with Gasteiger partial charge in [0.2, 0.25) is 11.5 Å². The molecule has 1 aliphatic heterocycles. The van der Waals surface area contributed by atoms with Gasteiger partial charge in [0.1, 0.15) is 12.6 Å². The lowest BCUT2D eigenvalue weighted by atomic mass is 9.91. The van der Waals surface area contributed by atoms with Crippen molar-refractivity contribution in [3.63, 3.8) is 0 Å². The van der Waals surface area contributed by atoms with Gasteiger partial charge in [0.05, 0.1) is 34.1 Å². The summed E-state index contributed by atoms with van der Waals surface area (Å²) in [6.07, 6.45) is 0. The molecule has 8 nitrogen and oxygen atoms in total. The Labute approximate surface area is 197 Å². The zero-order valence-corrected chi connectivity index (χ0v) is 19.4. The van der Waals surface area contributed by atoms with E-state index in [1.165, 1.54) is 26.2 Å². The largest absolute Gasteiger partial charge is 0.493 e. The Morgan fingerprint density at radius 1 is 0.735 bits per heavy atom. The van der Waals surface area contributed by atoms with Gasteiger partial charge in [-0.3, -0.25) is 14.5 Å². The summed E-state index contributed by atoms with van der Waals surface area (Å²) >= 11 is 0. The molecular formula is C26H25NO7. The van der Waals surface area contributed by atoms with Crippen LogP contribution < -0.4 is 28.6 Å². The van der Waals surface area contributed by atoms with Crippen LogP contribution in [0.15, 0.2) is 60.7 Å². The average molecular weight is 463 g/mol. The number of amides is 1. The molecule has 0 unspecified atom stereocenters. The van der Waals surface area contributed by atoms with E-state index in [4.69, 9.17) is 23.7 Å². The smallest absolute Gasteiger partial charge is 0.297 e. The number of carbonyl (C=O) groups is 2.